The lowest BCUT2D eigenvalue weighted by molar-refractivity contribution is -0.302. The van der Waals surface area contributed by atoms with Gasteiger partial charge in [0, 0.05) is 6.42 Å². The number of unbranched alkanes of at least 4 members (excludes halogenated alkanes) is 19. The Bertz CT molecular complexity index is 1540. The first-order chi connectivity index (χ1) is 35.3. The molecule has 410 valence electrons. The van der Waals surface area contributed by atoms with Crippen LogP contribution in [0.15, 0.2) is 122 Å². The molecule has 0 aromatic carbocycles. The molecule has 1 aliphatic rings. The molecule has 0 aromatic heterocycles. The number of aliphatic hydroxyl groups excluding tert-OH is 5. The topological polar surface area (TPSA) is 149 Å². The third-order valence-electron chi connectivity index (χ3n) is 12.8. The van der Waals surface area contributed by atoms with Crippen molar-refractivity contribution in [2.45, 2.75) is 256 Å². The zero-order valence-electron chi connectivity index (χ0n) is 45.4. The van der Waals surface area contributed by atoms with Crippen molar-refractivity contribution < 1.29 is 39.8 Å². The van der Waals surface area contributed by atoms with Gasteiger partial charge in [-0.2, -0.15) is 0 Å². The minimum atomic E-state index is -1.57. The van der Waals surface area contributed by atoms with Crippen molar-refractivity contribution in [2.24, 2.45) is 0 Å². The quantitative estimate of drug-likeness (QED) is 0.0261. The van der Waals surface area contributed by atoms with Crippen molar-refractivity contribution in [1.29, 1.82) is 0 Å². The average Bonchev–Trinajstić information content (AvgIpc) is 3.38. The van der Waals surface area contributed by atoms with Crippen LogP contribution in [0.4, 0.5) is 0 Å². The lowest BCUT2D eigenvalue weighted by Gasteiger charge is -2.40. The maximum absolute atomic E-state index is 13.0. The fraction of sp³-hybridized carbons (Fsp3) is 0.667. The third kappa shape index (κ3) is 40.0. The van der Waals surface area contributed by atoms with Crippen LogP contribution in [-0.2, 0) is 14.3 Å². The van der Waals surface area contributed by atoms with Crippen LogP contribution in [0.25, 0.3) is 0 Å². The van der Waals surface area contributed by atoms with Gasteiger partial charge in [0.05, 0.1) is 25.4 Å². The molecular weight excluding hydrogens is 899 g/mol. The van der Waals surface area contributed by atoms with Crippen molar-refractivity contribution in [3.8, 4) is 0 Å². The zero-order chi connectivity index (χ0) is 52.2. The van der Waals surface area contributed by atoms with Gasteiger partial charge in [0.15, 0.2) is 6.29 Å². The van der Waals surface area contributed by atoms with E-state index in [1.807, 2.05) is 6.08 Å². The first-order valence-corrected chi connectivity index (χ1v) is 28.8. The second-order valence-electron chi connectivity index (χ2n) is 19.4. The molecule has 1 amide bonds. The number of carbonyl (C=O) groups is 1. The summed E-state index contributed by atoms with van der Waals surface area (Å²) in [5.74, 6) is -0.190. The van der Waals surface area contributed by atoms with Crippen molar-refractivity contribution in [3.05, 3.63) is 122 Å². The summed E-state index contributed by atoms with van der Waals surface area (Å²) in [7, 11) is 0. The van der Waals surface area contributed by atoms with Gasteiger partial charge < -0.3 is 40.3 Å². The van der Waals surface area contributed by atoms with Gasteiger partial charge in [-0.3, -0.25) is 4.79 Å². The largest absolute Gasteiger partial charge is 0.394 e. The molecule has 0 aliphatic carbocycles. The van der Waals surface area contributed by atoms with Gasteiger partial charge in [-0.25, -0.2) is 0 Å². The van der Waals surface area contributed by atoms with Crippen LogP contribution in [0.1, 0.15) is 213 Å². The molecule has 1 aliphatic heterocycles. The van der Waals surface area contributed by atoms with Crippen LogP contribution >= 0.6 is 0 Å². The normalized spacial score (nSPS) is 20.1. The molecule has 7 unspecified atom stereocenters. The number of nitrogens with one attached hydrogen (secondary N) is 1. The van der Waals surface area contributed by atoms with E-state index in [-0.39, 0.29) is 12.5 Å². The maximum atomic E-state index is 13.0. The molecule has 0 radical (unpaired) electrons. The van der Waals surface area contributed by atoms with Crippen LogP contribution in [0.5, 0.6) is 0 Å². The molecule has 1 saturated heterocycles. The summed E-state index contributed by atoms with van der Waals surface area (Å²) in [6, 6.07) is -0.815. The fourth-order valence-corrected chi connectivity index (χ4v) is 8.27. The van der Waals surface area contributed by atoms with Crippen molar-refractivity contribution in [1.82, 2.24) is 5.32 Å². The smallest absolute Gasteiger partial charge is 0.220 e. The van der Waals surface area contributed by atoms with Gasteiger partial charge in [0.2, 0.25) is 5.91 Å². The van der Waals surface area contributed by atoms with E-state index in [4.69, 9.17) is 9.47 Å². The first kappa shape index (κ1) is 66.6. The van der Waals surface area contributed by atoms with E-state index in [0.717, 1.165) is 109 Å². The second kappa shape index (κ2) is 51.1. The van der Waals surface area contributed by atoms with E-state index < -0.39 is 49.5 Å². The van der Waals surface area contributed by atoms with E-state index >= 15 is 0 Å². The van der Waals surface area contributed by atoms with Crippen molar-refractivity contribution >= 4 is 5.91 Å². The monoisotopic (exact) mass is 1000 g/mol. The standard InChI is InChI=1S/C63H105NO8/c1-3-5-7-9-11-13-15-17-18-19-20-21-22-23-24-25-26-27-28-29-30-31-32-33-34-35-36-37-38-39-40-41-43-45-47-49-51-53-59(67)64-56(55-71-63-62(70)61(69)60(68)58(54-65)72-63)57(66)52-50-48-46-44-42-16-14-12-10-8-6-4-2/h5,7,11,13,17-18,20-21,23-24,26-27,29-30,32-33,35-36,50,52,56-58,60-63,65-66,68-70H,3-4,6,8-10,12,14-16,19,22,25,28,31,34,37-49,51,53-55H2,1-2H3,(H,64,67)/b7-5-,13-11-,18-17-,21-20-,24-23-,27-26-,30-29-,33-32-,36-35-,52-50+. The van der Waals surface area contributed by atoms with E-state index in [2.05, 4.69) is 129 Å². The number of allylic oxidation sites excluding steroid dienone is 19. The van der Waals surface area contributed by atoms with Gasteiger partial charge in [0.25, 0.3) is 0 Å². The first-order valence-electron chi connectivity index (χ1n) is 28.8. The fourth-order valence-electron chi connectivity index (χ4n) is 8.27. The van der Waals surface area contributed by atoms with Gasteiger partial charge in [-0.15, -0.1) is 0 Å². The molecule has 1 rings (SSSR count). The predicted molar refractivity (Wildman–Crippen MR) is 304 cm³/mol. The molecule has 1 heterocycles. The molecule has 72 heavy (non-hydrogen) atoms. The second-order valence-corrected chi connectivity index (χ2v) is 19.4. The number of hydrogen-bond acceptors (Lipinski definition) is 8. The van der Waals surface area contributed by atoms with E-state index in [1.165, 1.54) is 83.5 Å². The minimum Gasteiger partial charge on any atom is -0.394 e. The zero-order valence-corrected chi connectivity index (χ0v) is 45.4. The van der Waals surface area contributed by atoms with Gasteiger partial charge >= 0.3 is 0 Å². The summed E-state index contributed by atoms with van der Waals surface area (Å²) in [5, 5.41) is 54.3. The highest BCUT2D eigenvalue weighted by Crippen LogP contribution is 2.23. The summed E-state index contributed by atoms with van der Waals surface area (Å²) in [5.41, 5.74) is 0. The Hall–Kier alpha value is -3.41. The van der Waals surface area contributed by atoms with Crippen molar-refractivity contribution in [3.63, 3.8) is 0 Å². The lowest BCUT2D eigenvalue weighted by atomic mass is 9.99. The molecule has 0 saturated carbocycles. The number of amides is 1. The summed E-state index contributed by atoms with van der Waals surface area (Å²) in [6.45, 7) is 3.63. The summed E-state index contributed by atoms with van der Waals surface area (Å²) >= 11 is 0. The molecule has 9 nitrogen and oxygen atoms in total. The Kier molecular flexibility index (Phi) is 47.3. The van der Waals surface area contributed by atoms with Crippen LogP contribution in [-0.4, -0.2) is 87.5 Å². The minimum absolute atomic E-state index is 0.190. The Morgan fingerprint density at radius 1 is 0.486 bits per heavy atom. The molecule has 0 aromatic rings. The predicted octanol–water partition coefficient (Wildman–Crippen LogP) is 14.3. The third-order valence-corrected chi connectivity index (χ3v) is 12.8. The van der Waals surface area contributed by atoms with Gasteiger partial charge in [-0.1, -0.05) is 238 Å². The van der Waals surface area contributed by atoms with Gasteiger partial charge in [-0.05, 0) is 89.9 Å². The van der Waals surface area contributed by atoms with Crippen molar-refractivity contribution in [2.75, 3.05) is 13.2 Å². The van der Waals surface area contributed by atoms with Crippen LogP contribution in [0.3, 0.4) is 0 Å². The molecule has 9 heteroatoms. The average molecular weight is 1000 g/mol. The summed E-state index contributed by atoms with van der Waals surface area (Å²) in [4.78, 5) is 13.0. The molecule has 1 fully saturated rings. The van der Waals surface area contributed by atoms with Gasteiger partial charge in [0.1, 0.15) is 24.4 Å². The molecule has 0 spiro atoms. The molecule has 6 N–H and O–H groups in total. The lowest BCUT2D eigenvalue weighted by Crippen LogP contribution is -2.60. The Morgan fingerprint density at radius 2 is 0.861 bits per heavy atom. The Balaban J connectivity index is 2.16. The highest BCUT2D eigenvalue weighted by Gasteiger charge is 2.44. The van der Waals surface area contributed by atoms with Crippen LogP contribution < -0.4 is 5.32 Å². The highest BCUT2D eigenvalue weighted by molar-refractivity contribution is 5.76. The molecule has 7 atom stereocenters. The van der Waals surface area contributed by atoms with E-state index in [1.54, 1.807) is 6.08 Å². The summed E-state index contributed by atoms with van der Waals surface area (Å²) in [6.07, 6.45) is 69.8. The Morgan fingerprint density at radius 3 is 1.28 bits per heavy atom. The SMILES string of the molecule is CC/C=C\C/C=C\C/C=C\C/C=C\C/C=C\C/C=C\C/C=C\C/C=C\C/C=C\CCCCCCCCCCCC(=O)NC(COC1OC(CO)C(O)C(O)C1O)C(O)/C=C/CCCCCCCCCCCC. The highest BCUT2D eigenvalue weighted by atomic mass is 16.7. The van der Waals surface area contributed by atoms with E-state index in [0.29, 0.717) is 6.42 Å². The number of hydrogen-bond donors (Lipinski definition) is 6. The Labute approximate surface area is 439 Å². The maximum Gasteiger partial charge on any atom is 0.220 e. The summed E-state index contributed by atoms with van der Waals surface area (Å²) < 4.78 is 11.2. The number of rotatable bonds is 47. The number of aliphatic hydroxyl groups is 5. The van der Waals surface area contributed by atoms with Crippen LogP contribution in [0, 0.1) is 0 Å². The molecule has 0 bridgehead atoms. The number of carbonyl (C=O) groups excluding carboxylic acids is 1. The van der Waals surface area contributed by atoms with E-state index in [9.17, 15) is 30.3 Å². The molecular formula is C63H105NO8. The number of ether oxygens (including phenoxy) is 2. The van der Waals surface area contributed by atoms with Crippen LogP contribution in [0.2, 0.25) is 0 Å².